The average Bonchev–Trinajstić information content (AvgIpc) is 2.01. The molecule has 0 saturated heterocycles. The van der Waals surface area contributed by atoms with Crippen LogP contribution in [0.15, 0.2) is 0 Å². The zero-order valence-corrected chi connectivity index (χ0v) is 7.19. The Hall–Kier alpha value is -1.59. The fraction of sp³-hybridized carbons (Fsp3) is 0.571. The maximum Gasteiger partial charge on any atom is 0.394 e. The van der Waals surface area contributed by atoms with Gasteiger partial charge in [-0.05, 0) is 6.42 Å². The highest BCUT2D eigenvalue weighted by Gasteiger charge is 2.21. The van der Waals surface area contributed by atoms with Crippen molar-refractivity contribution in [2.24, 2.45) is 0 Å². The van der Waals surface area contributed by atoms with E-state index in [-0.39, 0.29) is 6.54 Å². The van der Waals surface area contributed by atoms with E-state index in [0.717, 1.165) is 4.90 Å². The number of rotatable bonds is 4. The van der Waals surface area contributed by atoms with Gasteiger partial charge < -0.3 is 15.1 Å². The Balaban J connectivity index is 4.31. The molecular weight excluding hydrogens is 178 g/mol. The summed E-state index contributed by atoms with van der Waals surface area (Å²) in [6.07, 6.45) is 0.520. The molecule has 0 heterocycles. The number of aliphatic carboxylic acids is 2. The molecule has 0 radical (unpaired) electrons. The van der Waals surface area contributed by atoms with Crippen LogP contribution in [0.3, 0.4) is 0 Å². The maximum absolute atomic E-state index is 10.8. The molecule has 0 aromatic rings. The molecule has 2 N–H and O–H groups in total. The summed E-state index contributed by atoms with van der Waals surface area (Å²) >= 11 is 0. The van der Waals surface area contributed by atoms with Gasteiger partial charge in [-0.15, -0.1) is 0 Å². The first-order valence-corrected chi connectivity index (χ1v) is 3.73. The molecule has 0 aliphatic rings. The molecule has 0 spiro atoms. The summed E-state index contributed by atoms with van der Waals surface area (Å²) in [4.78, 5) is 32.1. The number of hydrogen-bond acceptors (Lipinski definition) is 3. The van der Waals surface area contributed by atoms with E-state index in [4.69, 9.17) is 10.2 Å². The topological polar surface area (TPSA) is 94.9 Å². The summed E-state index contributed by atoms with van der Waals surface area (Å²) in [6.45, 7) is 1.29. The SMILES string of the molecule is CCCN(CC(=O)O)C(=O)C(=O)O. The first-order chi connectivity index (χ1) is 5.99. The summed E-state index contributed by atoms with van der Waals surface area (Å²) in [5.74, 6) is -4.03. The van der Waals surface area contributed by atoms with E-state index in [9.17, 15) is 14.4 Å². The van der Waals surface area contributed by atoms with Gasteiger partial charge in [-0.2, -0.15) is 0 Å². The Morgan fingerprint density at radius 3 is 2.08 bits per heavy atom. The molecule has 6 nitrogen and oxygen atoms in total. The van der Waals surface area contributed by atoms with Crippen LogP contribution in [-0.2, 0) is 14.4 Å². The van der Waals surface area contributed by atoms with Gasteiger partial charge in [-0.3, -0.25) is 9.59 Å². The van der Waals surface area contributed by atoms with Crippen LogP contribution in [0.4, 0.5) is 0 Å². The quantitative estimate of drug-likeness (QED) is 0.575. The van der Waals surface area contributed by atoms with Gasteiger partial charge in [-0.1, -0.05) is 6.92 Å². The normalized spacial score (nSPS) is 9.31. The minimum Gasteiger partial charge on any atom is -0.480 e. The third kappa shape index (κ3) is 4.09. The molecule has 0 fully saturated rings. The molecule has 0 bridgehead atoms. The number of carboxylic acid groups (broad SMARTS) is 2. The van der Waals surface area contributed by atoms with Crippen molar-refractivity contribution in [3.05, 3.63) is 0 Å². The van der Waals surface area contributed by atoms with Gasteiger partial charge in [0.2, 0.25) is 0 Å². The number of hydrogen-bond donors (Lipinski definition) is 2. The first kappa shape index (κ1) is 11.4. The smallest absolute Gasteiger partial charge is 0.394 e. The van der Waals surface area contributed by atoms with E-state index < -0.39 is 24.4 Å². The third-order valence-electron chi connectivity index (χ3n) is 1.29. The summed E-state index contributed by atoms with van der Waals surface area (Å²) in [5.41, 5.74) is 0. The minimum atomic E-state index is -1.63. The first-order valence-electron chi connectivity index (χ1n) is 3.73. The summed E-state index contributed by atoms with van der Waals surface area (Å²) in [5, 5.41) is 16.7. The van der Waals surface area contributed by atoms with Gasteiger partial charge in [0.15, 0.2) is 0 Å². The van der Waals surface area contributed by atoms with E-state index >= 15 is 0 Å². The molecule has 0 atom stereocenters. The van der Waals surface area contributed by atoms with Crippen molar-refractivity contribution < 1.29 is 24.6 Å². The average molecular weight is 189 g/mol. The monoisotopic (exact) mass is 189 g/mol. The predicted octanol–water partition coefficient (Wildman–Crippen LogP) is -0.606. The largest absolute Gasteiger partial charge is 0.480 e. The fourth-order valence-electron chi connectivity index (χ4n) is 0.821. The summed E-state index contributed by atoms with van der Waals surface area (Å²) in [7, 11) is 0. The van der Waals surface area contributed by atoms with Crippen LogP contribution in [0.25, 0.3) is 0 Å². The molecule has 74 valence electrons. The molecule has 0 aromatic carbocycles. The highest BCUT2D eigenvalue weighted by molar-refractivity contribution is 6.31. The second-order valence-electron chi connectivity index (χ2n) is 2.43. The van der Waals surface area contributed by atoms with Crippen molar-refractivity contribution in [2.45, 2.75) is 13.3 Å². The van der Waals surface area contributed by atoms with Crippen LogP contribution in [0.2, 0.25) is 0 Å². The van der Waals surface area contributed by atoms with Crippen molar-refractivity contribution in [1.29, 1.82) is 0 Å². The fourth-order valence-corrected chi connectivity index (χ4v) is 0.821. The van der Waals surface area contributed by atoms with Gasteiger partial charge in [0.25, 0.3) is 0 Å². The Bertz CT molecular complexity index is 225. The number of nitrogens with zero attached hydrogens (tertiary/aromatic N) is 1. The Morgan fingerprint density at radius 1 is 1.23 bits per heavy atom. The van der Waals surface area contributed by atoms with E-state index in [1.165, 1.54) is 0 Å². The van der Waals surface area contributed by atoms with Crippen LogP contribution < -0.4 is 0 Å². The lowest BCUT2D eigenvalue weighted by Gasteiger charge is -2.16. The van der Waals surface area contributed by atoms with Crippen LogP contribution in [0, 0.1) is 0 Å². The standard InChI is InChI=1S/C7H11NO5/c1-2-3-8(4-5(9)10)6(11)7(12)13/h2-4H2,1H3,(H,9,10)(H,12,13). The molecule has 0 aliphatic carbocycles. The van der Waals surface area contributed by atoms with Crippen molar-refractivity contribution in [3.63, 3.8) is 0 Å². The number of carbonyl (C=O) groups is 3. The zero-order chi connectivity index (χ0) is 10.4. The second-order valence-corrected chi connectivity index (χ2v) is 2.43. The molecule has 0 saturated carbocycles. The van der Waals surface area contributed by atoms with E-state index in [0.29, 0.717) is 6.42 Å². The van der Waals surface area contributed by atoms with E-state index in [2.05, 4.69) is 0 Å². The van der Waals surface area contributed by atoms with E-state index in [1.54, 1.807) is 6.92 Å². The second kappa shape index (κ2) is 5.13. The van der Waals surface area contributed by atoms with Crippen molar-refractivity contribution in [1.82, 2.24) is 4.90 Å². The molecule has 13 heavy (non-hydrogen) atoms. The number of carboxylic acids is 2. The Labute approximate surface area is 74.8 Å². The summed E-state index contributed by atoms with van der Waals surface area (Å²) < 4.78 is 0. The molecule has 0 rings (SSSR count). The molecule has 0 unspecified atom stereocenters. The zero-order valence-electron chi connectivity index (χ0n) is 7.19. The third-order valence-corrected chi connectivity index (χ3v) is 1.29. The Morgan fingerprint density at radius 2 is 1.77 bits per heavy atom. The lowest BCUT2D eigenvalue weighted by atomic mass is 10.4. The van der Waals surface area contributed by atoms with Crippen molar-refractivity contribution in [2.75, 3.05) is 13.1 Å². The highest BCUT2D eigenvalue weighted by Crippen LogP contribution is 1.92. The van der Waals surface area contributed by atoms with Gasteiger partial charge in [-0.25, -0.2) is 4.79 Å². The maximum atomic E-state index is 10.8. The molecule has 6 heteroatoms. The van der Waals surface area contributed by atoms with Gasteiger partial charge in [0.1, 0.15) is 6.54 Å². The molecular formula is C7H11NO5. The molecule has 1 amide bonds. The van der Waals surface area contributed by atoms with Crippen molar-refractivity contribution >= 4 is 17.8 Å². The Kier molecular flexibility index (Phi) is 4.50. The number of carbonyl (C=O) groups excluding carboxylic acids is 1. The van der Waals surface area contributed by atoms with Crippen LogP contribution >= 0.6 is 0 Å². The minimum absolute atomic E-state index is 0.136. The predicted molar refractivity (Wildman–Crippen MR) is 42.1 cm³/mol. The van der Waals surface area contributed by atoms with Gasteiger partial charge in [0.05, 0.1) is 0 Å². The van der Waals surface area contributed by atoms with Crippen molar-refractivity contribution in [3.8, 4) is 0 Å². The lowest BCUT2D eigenvalue weighted by molar-refractivity contribution is -0.157. The number of amides is 1. The molecule has 0 aromatic heterocycles. The van der Waals surface area contributed by atoms with Crippen LogP contribution in [-0.4, -0.2) is 46.0 Å². The van der Waals surface area contributed by atoms with Crippen LogP contribution in [0.1, 0.15) is 13.3 Å². The summed E-state index contributed by atoms with van der Waals surface area (Å²) in [6, 6.07) is 0. The van der Waals surface area contributed by atoms with Gasteiger partial charge in [0, 0.05) is 6.54 Å². The van der Waals surface area contributed by atoms with Gasteiger partial charge >= 0.3 is 17.8 Å². The van der Waals surface area contributed by atoms with E-state index in [1.807, 2.05) is 0 Å². The lowest BCUT2D eigenvalue weighted by Crippen LogP contribution is -2.40. The van der Waals surface area contributed by atoms with Crippen LogP contribution in [0.5, 0.6) is 0 Å². The molecule has 0 aliphatic heterocycles. The highest BCUT2D eigenvalue weighted by atomic mass is 16.4.